The predicted octanol–water partition coefficient (Wildman–Crippen LogP) is 3.29. The zero-order valence-electron chi connectivity index (χ0n) is 15.1. The van der Waals surface area contributed by atoms with Crippen molar-refractivity contribution in [3.05, 3.63) is 53.3 Å². The number of nitrogens with one attached hydrogen (secondary N) is 1. The SMILES string of the molecule is Cc1nc(C(=O)Nc2ccccc2OCC2CCCCO2)ccc1C(=O)O. The Bertz CT molecular complexity index is 831. The minimum absolute atomic E-state index is 0.0652. The average Bonchev–Trinajstić information content (AvgIpc) is 2.67. The number of nitrogens with zero attached hydrogens (tertiary/aromatic N) is 1. The van der Waals surface area contributed by atoms with Crippen LogP contribution in [0.2, 0.25) is 0 Å². The molecule has 0 bridgehead atoms. The Hall–Kier alpha value is -2.93. The minimum atomic E-state index is -1.07. The van der Waals surface area contributed by atoms with Crippen molar-refractivity contribution in [2.24, 2.45) is 0 Å². The van der Waals surface area contributed by atoms with Crippen molar-refractivity contribution in [1.82, 2.24) is 4.98 Å². The fourth-order valence-electron chi connectivity index (χ4n) is 2.92. The van der Waals surface area contributed by atoms with E-state index in [9.17, 15) is 9.59 Å². The molecule has 27 heavy (non-hydrogen) atoms. The highest BCUT2D eigenvalue weighted by Crippen LogP contribution is 2.25. The van der Waals surface area contributed by atoms with E-state index in [0.29, 0.717) is 18.0 Å². The van der Waals surface area contributed by atoms with Gasteiger partial charge in [0, 0.05) is 6.61 Å². The van der Waals surface area contributed by atoms with Gasteiger partial charge in [-0.15, -0.1) is 0 Å². The number of carbonyl (C=O) groups excluding carboxylic acids is 1. The van der Waals surface area contributed by atoms with Gasteiger partial charge in [0.25, 0.3) is 5.91 Å². The molecule has 3 rings (SSSR count). The van der Waals surface area contributed by atoms with Gasteiger partial charge < -0.3 is 19.9 Å². The molecular weight excluding hydrogens is 348 g/mol. The molecule has 2 aromatic rings. The first kappa shape index (κ1) is 18.8. The van der Waals surface area contributed by atoms with E-state index >= 15 is 0 Å². The first-order valence-electron chi connectivity index (χ1n) is 8.90. The van der Waals surface area contributed by atoms with E-state index in [1.54, 1.807) is 25.1 Å². The van der Waals surface area contributed by atoms with Gasteiger partial charge in [-0.2, -0.15) is 0 Å². The molecule has 2 N–H and O–H groups in total. The Morgan fingerprint density at radius 2 is 2.07 bits per heavy atom. The van der Waals surface area contributed by atoms with Crippen LogP contribution in [-0.2, 0) is 4.74 Å². The van der Waals surface area contributed by atoms with Crippen LogP contribution in [0.3, 0.4) is 0 Å². The number of hydrogen-bond donors (Lipinski definition) is 2. The summed E-state index contributed by atoms with van der Waals surface area (Å²) >= 11 is 0. The fourth-order valence-corrected chi connectivity index (χ4v) is 2.92. The fraction of sp³-hybridized carbons (Fsp3) is 0.350. The number of carbonyl (C=O) groups is 2. The van der Waals surface area contributed by atoms with Crippen LogP contribution in [0.4, 0.5) is 5.69 Å². The minimum Gasteiger partial charge on any atom is -0.489 e. The molecule has 1 saturated heterocycles. The highest BCUT2D eigenvalue weighted by molar-refractivity contribution is 6.04. The topological polar surface area (TPSA) is 97.8 Å². The van der Waals surface area contributed by atoms with Crippen molar-refractivity contribution in [3.8, 4) is 5.75 Å². The number of para-hydroxylation sites is 2. The lowest BCUT2D eigenvalue weighted by Crippen LogP contribution is -2.26. The number of aromatic carboxylic acids is 1. The molecule has 0 aliphatic carbocycles. The van der Waals surface area contributed by atoms with Gasteiger partial charge >= 0.3 is 5.97 Å². The molecule has 0 spiro atoms. The number of carboxylic acid groups (broad SMARTS) is 1. The van der Waals surface area contributed by atoms with Gasteiger partial charge in [-0.25, -0.2) is 9.78 Å². The second-order valence-corrected chi connectivity index (χ2v) is 6.38. The molecule has 142 valence electrons. The standard InChI is InChI=1S/C20H22N2O5/c1-13-15(20(24)25)9-10-17(21-13)19(23)22-16-7-2-3-8-18(16)27-12-14-6-4-5-11-26-14/h2-3,7-10,14H,4-6,11-12H2,1H3,(H,22,23)(H,24,25). The summed E-state index contributed by atoms with van der Waals surface area (Å²) in [6.45, 7) is 2.74. The second-order valence-electron chi connectivity index (χ2n) is 6.38. The number of amides is 1. The molecule has 0 radical (unpaired) electrons. The Labute approximate surface area is 157 Å². The molecule has 1 aliphatic heterocycles. The lowest BCUT2D eigenvalue weighted by molar-refractivity contribution is -0.0109. The largest absolute Gasteiger partial charge is 0.489 e. The summed E-state index contributed by atoms with van der Waals surface area (Å²) in [6, 6.07) is 9.92. The highest BCUT2D eigenvalue weighted by Gasteiger charge is 2.17. The van der Waals surface area contributed by atoms with Gasteiger partial charge in [0.05, 0.1) is 23.0 Å². The normalized spacial score (nSPS) is 16.6. The molecule has 1 fully saturated rings. The van der Waals surface area contributed by atoms with E-state index in [-0.39, 0.29) is 23.1 Å². The molecule has 2 heterocycles. The number of ether oxygens (including phenoxy) is 2. The van der Waals surface area contributed by atoms with Gasteiger partial charge in [-0.05, 0) is 50.5 Å². The highest BCUT2D eigenvalue weighted by atomic mass is 16.5. The summed E-state index contributed by atoms with van der Waals surface area (Å²) in [5, 5.41) is 11.8. The van der Waals surface area contributed by atoms with Crippen molar-refractivity contribution in [2.75, 3.05) is 18.5 Å². The number of benzene rings is 1. The summed E-state index contributed by atoms with van der Waals surface area (Å²) in [4.78, 5) is 27.7. The average molecular weight is 370 g/mol. The van der Waals surface area contributed by atoms with Crippen molar-refractivity contribution in [2.45, 2.75) is 32.3 Å². The molecule has 7 nitrogen and oxygen atoms in total. The Kier molecular flexibility index (Phi) is 6.03. The third kappa shape index (κ3) is 4.83. The smallest absolute Gasteiger partial charge is 0.337 e. The maximum Gasteiger partial charge on any atom is 0.337 e. The van der Waals surface area contributed by atoms with Gasteiger partial charge in [-0.1, -0.05) is 12.1 Å². The van der Waals surface area contributed by atoms with Gasteiger partial charge in [-0.3, -0.25) is 4.79 Å². The lowest BCUT2D eigenvalue weighted by Gasteiger charge is -2.23. The first-order chi connectivity index (χ1) is 13.0. The van der Waals surface area contributed by atoms with Crippen LogP contribution < -0.4 is 10.1 Å². The number of anilines is 1. The molecular formula is C20H22N2O5. The molecule has 1 aromatic heterocycles. The van der Waals surface area contributed by atoms with E-state index in [2.05, 4.69) is 10.3 Å². The van der Waals surface area contributed by atoms with Crippen LogP contribution in [0.15, 0.2) is 36.4 Å². The molecule has 1 aromatic carbocycles. The zero-order valence-corrected chi connectivity index (χ0v) is 15.1. The predicted molar refractivity (Wildman–Crippen MR) is 99.4 cm³/mol. The molecule has 1 amide bonds. The van der Waals surface area contributed by atoms with E-state index in [0.717, 1.165) is 25.9 Å². The molecule has 0 saturated carbocycles. The molecule has 1 unspecified atom stereocenters. The molecule has 1 aliphatic rings. The number of pyridine rings is 1. The lowest BCUT2D eigenvalue weighted by atomic mass is 10.1. The van der Waals surface area contributed by atoms with E-state index in [1.165, 1.54) is 12.1 Å². The van der Waals surface area contributed by atoms with Crippen LogP contribution in [0, 0.1) is 6.92 Å². The molecule has 7 heteroatoms. The van der Waals surface area contributed by atoms with Crippen molar-refractivity contribution in [1.29, 1.82) is 0 Å². The van der Waals surface area contributed by atoms with Gasteiger partial charge in [0.1, 0.15) is 18.1 Å². The maximum atomic E-state index is 12.5. The summed E-state index contributed by atoms with van der Waals surface area (Å²) in [7, 11) is 0. The molecule has 1 atom stereocenters. The number of carboxylic acids is 1. The van der Waals surface area contributed by atoms with Crippen LogP contribution in [0.25, 0.3) is 0 Å². The van der Waals surface area contributed by atoms with E-state index in [1.807, 2.05) is 6.07 Å². The summed E-state index contributed by atoms with van der Waals surface area (Å²) in [5.41, 5.74) is 1.03. The zero-order chi connectivity index (χ0) is 19.2. The number of rotatable bonds is 6. The van der Waals surface area contributed by atoms with Crippen molar-refractivity contribution >= 4 is 17.6 Å². The van der Waals surface area contributed by atoms with Crippen molar-refractivity contribution in [3.63, 3.8) is 0 Å². The van der Waals surface area contributed by atoms with Crippen LogP contribution >= 0.6 is 0 Å². The Morgan fingerprint density at radius 3 is 2.78 bits per heavy atom. The number of hydrogen-bond acceptors (Lipinski definition) is 5. The quantitative estimate of drug-likeness (QED) is 0.810. The Morgan fingerprint density at radius 1 is 1.26 bits per heavy atom. The van der Waals surface area contributed by atoms with Gasteiger partial charge in [0.2, 0.25) is 0 Å². The second kappa shape index (κ2) is 8.64. The third-order valence-corrected chi connectivity index (χ3v) is 4.38. The maximum absolute atomic E-state index is 12.5. The first-order valence-corrected chi connectivity index (χ1v) is 8.90. The monoisotopic (exact) mass is 370 g/mol. The summed E-state index contributed by atoms with van der Waals surface area (Å²) < 4.78 is 11.5. The van der Waals surface area contributed by atoms with E-state index in [4.69, 9.17) is 14.6 Å². The van der Waals surface area contributed by atoms with Crippen LogP contribution in [0.5, 0.6) is 5.75 Å². The number of aryl methyl sites for hydroxylation is 1. The van der Waals surface area contributed by atoms with E-state index < -0.39 is 11.9 Å². The number of aromatic nitrogens is 1. The summed E-state index contributed by atoms with van der Waals surface area (Å²) in [6.07, 6.45) is 3.24. The van der Waals surface area contributed by atoms with Crippen LogP contribution in [0.1, 0.15) is 45.8 Å². The third-order valence-electron chi connectivity index (χ3n) is 4.38. The van der Waals surface area contributed by atoms with Gasteiger partial charge in [0.15, 0.2) is 0 Å². The van der Waals surface area contributed by atoms with Crippen molar-refractivity contribution < 1.29 is 24.2 Å². The Balaban J connectivity index is 1.69. The summed E-state index contributed by atoms with van der Waals surface area (Å²) in [5.74, 6) is -0.949. The van der Waals surface area contributed by atoms with Crippen LogP contribution in [-0.4, -0.2) is 41.3 Å².